The van der Waals surface area contributed by atoms with Crippen LogP contribution in [-0.2, 0) is 6.42 Å². The topological polar surface area (TPSA) is 39.2 Å². The summed E-state index contributed by atoms with van der Waals surface area (Å²) < 4.78 is 5.40. The van der Waals surface area contributed by atoms with Gasteiger partial charge in [-0.15, -0.1) is 0 Å². The van der Waals surface area contributed by atoms with Gasteiger partial charge in [-0.3, -0.25) is 0 Å². The SMILES string of the molecule is Cc1ccc2occ(CCN)c2c1. The van der Waals surface area contributed by atoms with Crippen LogP contribution in [0.1, 0.15) is 11.1 Å². The lowest BCUT2D eigenvalue weighted by atomic mass is 10.1. The minimum Gasteiger partial charge on any atom is -0.464 e. The van der Waals surface area contributed by atoms with Crippen molar-refractivity contribution in [2.24, 2.45) is 5.73 Å². The summed E-state index contributed by atoms with van der Waals surface area (Å²) in [4.78, 5) is 0. The molecule has 0 saturated carbocycles. The molecule has 2 rings (SSSR count). The molecule has 2 heteroatoms. The van der Waals surface area contributed by atoms with Gasteiger partial charge in [0.25, 0.3) is 0 Å². The maximum absolute atomic E-state index is 5.51. The second kappa shape index (κ2) is 3.23. The molecule has 0 amide bonds. The zero-order valence-corrected chi connectivity index (χ0v) is 7.71. The van der Waals surface area contributed by atoms with Crippen molar-refractivity contribution in [1.82, 2.24) is 0 Å². The number of aryl methyl sites for hydroxylation is 1. The van der Waals surface area contributed by atoms with Crippen LogP contribution in [0, 0.1) is 6.92 Å². The Morgan fingerprint density at radius 3 is 3.00 bits per heavy atom. The van der Waals surface area contributed by atoms with E-state index in [9.17, 15) is 0 Å². The van der Waals surface area contributed by atoms with E-state index in [0.29, 0.717) is 6.54 Å². The van der Waals surface area contributed by atoms with Crippen LogP contribution in [0.3, 0.4) is 0 Å². The molecule has 0 fully saturated rings. The molecule has 13 heavy (non-hydrogen) atoms. The van der Waals surface area contributed by atoms with E-state index in [1.165, 1.54) is 16.5 Å². The second-order valence-corrected chi connectivity index (χ2v) is 3.30. The first kappa shape index (κ1) is 8.32. The quantitative estimate of drug-likeness (QED) is 0.760. The molecule has 0 atom stereocenters. The predicted octanol–water partition coefficient (Wildman–Crippen LogP) is 2.24. The number of fused-ring (bicyclic) bond motifs is 1. The molecule has 0 saturated heterocycles. The third-order valence-electron chi connectivity index (χ3n) is 2.22. The van der Waals surface area contributed by atoms with Crippen molar-refractivity contribution in [3.8, 4) is 0 Å². The highest BCUT2D eigenvalue weighted by Crippen LogP contribution is 2.22. The minimum atomic E-state index is 0.669. The summed E-state index contributed by atoms with van der Waals surface area (Å²) in [7, 11) is 0. The monoisotopic (exact) mass is 175 g/mol. The maximum Gasteiger partial charge on any atom is 0.134 e. The molecule has 1 heterocycles. The average molecular weight is 175 g/mol. The number of furan rings is 1. The van der Waals surface area contributed by atoms with E-state index >= 15 is 0 Å². The molecule has 1 aromatic heterocycles. The molecular weight excluding hydrogens is 162 g/mol. The first-order chi connectivity index (χ1) is 6.31. The molecule has 1 aromatic carbocycles. The Labute approximate surface area is 77.3 Å². The zero-order chi connectivity index (χ0) is 9.26. The summed E-state index contributed by atoms with van der Waals surface area (Å²) in [5.74, 6) is 0. The van der Waals surface area contributed by atoms with Crippen LogP contribution >= 0.6 is 0 Å². The van der Waals surface area contributed by atoms with Crippen molar-refractivity contribution < 1.29 is 4.42 Å². The highest BCUT2D eigenvalue weighted by molar-refractivity contribution is 5.81. The molecular formula is C11H13NO. The van der Waals surface area contributed by atoms with E-state index < -0.39 is 0 Å². The highest BCUT2D eigenvalue weighted by atomic mass is 16.3. The Morgan fingerprint density at radius 2 is 2.23 bits per heavy atom. The molecule has 68 valence electrons. The number of benzene rings is 1. The first-order valence-electron chi connectivity index (χ1n) is 4.48. The maximum atomic E-state index is 5.51. The van der Waals surface area contributed by atoms with E-state index in [1.807, 2.05) is 6.07 Å². The fourth-order valence-corrected chi connectivity index (χ4v) is 1.54. The summed E-state index contributed by atoms with van der Waals surface area (Å²) in [6.07, 6.45) is 2.69. The van der Waals surface area contributed by atoms with Gasteiger partial charge in [0.05, 0.1) is 6.26 Å². The fourth-order valence-electron chi connectivity index (χ4n) is 1.54. The van der Waals surface area contributed by atoms with E-state index in [4.69, 9.17) is 10.2 Å². The van der Waals surface area contributed by atoms with Gasteiger partial charge in [0.15, 0.2) is 0 Å². The van der Waals surface area contributed by atoms with Crippen molar-refractivity contribution in [3.05, 3.63) is 35.6 Å². The highest BCUT2D eigenvalue weighted by Gasteiger charge is 2.04. The summed E-state index contributed by atoms with van der Waals surface area (Å²) in [6.45, 7) is 2.75. The molecule has 0 aliphatic rings. The van der Waals surface area contributed by atoms with Gasteiger partial charge in [-0.25, -0.2) is 0 Å². The van der Waals surface area contributed by atoms with Gasteiger partial charge in [-0.05, 0) is 37.6 Å². The average Bonchev–Trinajstić information content (AvgIpc) is 2.49. The molecule has 0 bridgehead atoms. The summed E-state index contributed by atoms with van der Waals surface area (Å²) in [5.41, 5.74) is 8.93. The molecule has 0 aliphatic heterocycles. The van der Waals surface area contributed by atoms with Gasteiger partial charge in [-0.1, -0.05) is 11.6 Å². The van der Waals surface area contributed by atoms with Crippen LogP contribution in [0.15, 0.2) is 28.9 Å². The summed E-state index contributed by atoms with van der Waals surface area (Å²) in [6, 6.07) is 6.20. The van der Waals surface area contributed by atoms with Gasteiger partial charge in [0, 0.05) is 5.39 Å². The Bertz CT molecular complexity index is 417. The largest absolute Gasteiger partial charge is 0.464 e. The molecule has 2 N–H and O–H groups in total. The molecule has 0 spiro atoms. The Hall–Kier alpha value is -1.28. The lowest BCUT2D eigenvalue weighted by Crippen LogP contribution is -2.01. The van der Waals surface area contributed by atoms with Crippen molar-refractivity contribution in [3.63, 3.8) is 0 Å². The smallest absolute Gasteiger partial charge is 0.134 e. The third kappa shape index (κ3) is 1.45. The van der Waals surface area contributed by atoms with Crippen LogP contribution in [0.5, 0.6) is 0 Å². The van der Waals surface area contributed by atoms with Crippen LogP contribution < -0.4 is 5.73 Å². The molecule has 2 nitrogen and oxygen atoms in total. The van der Waals surface area contributed by atoms with E-state index in [2.05, 4.69) is 19.1 Å². The third-order valence-corrected chi connectivity index (χ3v) is 2.22. The van der Waals surface area contributed by atoms with Crippen molar-refractivity contribution >= 4 is 11.0 Å². The number of nitrogens with two attached hydrogens (primary N) is 1. The van der Waals surface area contributed by atoms with Crippen LogP contribution in [0.4, 0.5) is 0 Å². The van der Waals surface area contributed by atoms with E-state index in [1.54, 1.807) is 6.26 Å². The van der Waals surface area contributed by atoms with Gasteiger partial charge in [0.2, 0.25) is 0 Å². The van der Waals surface area contributed by atoms with Crippen molar-refractivity contribution in [2.45, 2.75) is 13.3 Å². The lowest BCUT2D eigenvalue weighted by Gasteiger charge is -1.95. The molecule has 0 radical (unpaired) electrons. The standard InChI is InChI=1S/C11H13NO/c1-8-2-3-11-10(6-8)9(4-5-12)7-13-11/h2-3,6-7H,4-5,12H2,1H3. The lowest BCUT2D eigenvalue weighted by molar-refractivity contribution is 0.610. The minimum absolute atomic E-state index is 0.669. The number of hydrogen-bond acceptors (Lipinski definition) is 2. The Kier molecular flexibility index (Phi) is 2.07. The number of rotatable bonds is 2. The normalized spacial score (nSPS) is 10.9. The Morgan fingerprint density at radius 1 is 1.38 bits per heavy atom. The first-order valence-corrected chi connectivity index (χ1v) is 4.48. The van der Waals surface area contributed by atoms with Crippen LogP contribution in [0.2, 0.25) is 0 Å². The van der Waals surface area contributed by atoms with Gasteiger partial charge in [-0.2, -0.15) is 0 Å². The van der Waals surface area contributed by atoms with Crippen LogP contribution in [-0.4, -0.2) is 6.54 Å². The second-order valence-electron chi connectivity index (χ2n) is 3.30. The van der Waals surface area contributed by atoms with E-state index in [0.717, 1.165) is 12.0 Å². The molecule has 0 aliphatic carbocycles. The number of hydrogen-bond donors (Lipinski definition) is 1. The van der Waals surface area contributed by atoms with Crippen LogP contribution in [0.25, 0.3) is 11.0 Å². The van der Waals surface area contributed by atoms with Crippen molar-refractivity contribution in [1.29, 1.82) is 0 Å². The van der Waals surface area contributed by atoms with Crippen molar-refractivity contribution in [2.75, 3.05) is 6.54 Å². The molecule has 0 unspecified atom stereocenters. The fraction of sp³-hybridized carbons (Fsp3) is 0.273. The summed E-state index contributed by atoms with van der Waals surface area (Å²) in [5, 5.41) is 1.20. The predicted molar refractivity (Wildman–Crippen MR) is 53.7 cm³/mol. The van der Waals surface area contributed by atoms with Gasteiger partial charge in [0.1, 0.15) is 5.58 Å². The van der Waals surface area contributed by atoms with Gasteiger partial charge >= 0.3 is 0 Å². The van der Waals surface area contributed by atoms with E-state index in [-0.39, 0.29) is 0 Å². The zero-order valence-electron chi connectivity index (χ0n) is 7.71. The van der Waals surface area contributed by atoms with Gasteiger partial charge < -0.3 is 10.2 Å². The molecule has 2 aromatic rings. The summed E-state index contributed by atoms with van der Waals surface area (Å²) >= 11 is 0. The Balaban J connectivity index is 2.58.